The minimum atomic E-state index is -1.64. The SMILES string of the molecule is Cc1nc(CCc2ccc(C)o2)nc(C(Cl)(Cl)Cl)n1. The van der Waals surface area contributed by atoms with Crippen LogP contribution < -0.4 is 0 Å². The van der Waals surface area contributed by atoms with Crippen LogP contribution >= 0.6 is 34.8 Å². The van der Waals surface area contributed by atoms with Crippen LogP contribution in [0.1, 0.15) is 29.0 Å². The van der Waals surface area contributed by atoms with Crippen molar-refractivity contribution in [1.29, 1.82) is 0 Å². The first-order valence-electron chi connectivity index (χ1n) is 5.68. The van der Waals surface area contributed by atoms with E-state index in [4.69, 9.17) is 39.2 Å². The molecule has 2 rings (SSSR count). The van der Waals surface area contributed by atoms with Crippen molar-refractivity contribution in [3.8, 4) is 0 Å². The molecule has 4 nitrogen and oxygen atoms in total. The van der Waals surface area contributed by atoms with Gasteiger partial charge in [0.2, 0.25) is 3.79 Å². The summed E-state index contributed by atoms with van der Waals surface area (Å²) in [5.41, 5.74) is 0. The second-order valence-electron chi connectivity index (χ2n) is 4.13. The third-order valence-corrected chi connectivity index (χ3v) is 2.95. The molecule has 0 spiro atoms. The molecule has 0 saturated heterocycles. The first kappa shape index (κ1) is 14.6. The lowest BCUT2D eigenvalue weighted by atomic mass is 10.2. The molecule has 0 fully saturated rings. The Bertz CT molecular complexity index is 578. The van der Waals surface area contributed by atoms with E-state index in [1.165, 1.54) is 0 Å². The fourth-order valence-corrected chi connectivity index (χ4v) is 1.88. The Kier molecular flexibility index (Phi) is 4.33. The van der Waals surface area contributed by atoms with E-state index >= 15 is 0 Å². The maximum atomic E-state index is 5.78. The molecule has 0 unspecified atom stereocenters. The summed E-state index contributed by atoms with van der Waals surface area (Å²) in [5.74, 6) is 3.02. The molecular weight excluding hydrogens is 309 g/mol. The van der Waals surface area contributed by atoms with Crippen molar-refractivity contribution >= 4 is 34.8 Å². The van der Waals surface area contributed by atoms with Crippen LogP contribution in [0.5, 0.6) is 0 Å². The zero-order valence-electron chi connectivity index (χ0n) is 10.5. The minimum Gasteiger partial charge on any atom is -0.466 e. The Hall–Kier alpha value is -0.840. The maximum absolute atomic E-state index is 5.78. The molecule has 0 atom stereocenters. The molecule has 2 aromatic heterocycles. The van der Waals surface area contributed by atoms with Crippen molar-refractivity contribution in [3.63, 3.8) is 0 Å². The highest BCUT2D eigenvalue weighted by Crippen LogP contribution is 2.35. The third-order valence-electron chi connectivity index (χ3n) is 2.44. The molecule has 0 bridgehead atoms. The Balaban J connectivity index is 2.14. The Morgan fingerprint density at radius 2 is 1.79 bits per heavy atom. The van der Waals surface area contributed by atoms with Gasteiger partial charge in [0.25, 0.3) is 0 Å². The van der Waals surface area contributed by atoms with Crippen LogP contribution in [0.3, 0.4) is 0 Å². The van der Waals surface area contributed by atoms with Crippen LogP contribution in [-0.4, -0.2) is 15.0 Å². The fourth-order valence-electron chi connectivity index (χ4n) is 1.63. The molecule has 0 saturated carbocycles. The quantitative estimate of drug-likeness (QED) is 0.809. The molecular formula is C12H12Cl3N3O. The zero-order valence-corrected chi connectivity index (χ0v) is 12.7. The highest BCUT2D eigenvalue weighted by atomic mass is 35.6. The summed E-state index contributed by atoms with van der Waals surface area (Å²) in [6, 6.07) is 3.85. The van der Waals surface area contributed by atoms with E-state index in [2.05, 4.69) is 15.0 Å². The number of alkyl halides is 3. The summed E-state index contributed by atoms with van der Waals surface area (Å²) < 4.78 is 3.85. The summed E-state index contributed by atoms with van der Waals surface area (Å²) in [7, 11) is 0. The molecule has 0 N–H and O–H groups in total. The van der Waals surface area contributed by atoms with Gasteiger partial charge in [-0.15, -0.1) is 0 Å². The van der Waals surface area contributed by atoms with Gasteiger partial charge in [0.15, 0.2) is 5.82 Å². The molecule has 19 heavy (non-hydrogen) atoms. The molecule has 0 amide bonds. The fraction of sp³-hybridized carbons (Fsp3) is 0.417. The molecule has 0 aliphatic carbocycles. The van der Waals surface area contributed by atoms with Crippen LogP contribution in [0.15, 0.2) is 16.5 Å². The zero-order chi connectivity index (χ0) is 14.0. The van der Waals surface area contributed by atoms with E-state index in [1.807, 2.05) is 19.1 Å². The van der Waals surface area contributed by atoms with Crippen molar-refractivity contribution in [3.05, 3.63) is 41.1 Å². The first-order valence-corrected chi connectivity index (χ1v) is 6.82. The summed E-state index contributed by atoms with van der Waals surface area (Å²) in [6.45, 7) is 3.64. The largest absolute Gasteiger partial charge is 0.466 e. The predicted octanol–water partition coefficient (Wildman–Crippen LogP) is 3.69. The Morgan fingerprint density at radius 3 is 2.37 bits per heavy atom. The number of aryl methyl sites for hydroxylation is 4. The van der Waals surface area contributed by atoms with Gasteiger partial charge in [0.05, 0.1) is 0 Å². The van der Waals surface area contributed by atoms with Gasteiger partial charge in [-0.2, -0.15) is 0 Å². The standard InChI is InChI=1S/C12H12Cl3N3O/c1-7-3-4-9(19-7)5-6-10-16-8(2)17-11(18-10)12(13,14)15/h3-4H,5-6H2,1-2H3. The van der Waals surface area contributed by atoms with Crippen LogP contribution in [0, 0.1) is 13.8 Å². The lowest BCUT2D eigenvalue weighted by Gasteiger charge is -2.10. The average molecular weight is 321 g/mol. The van der Waals surface area contributed by atoms with E-state index in [9.17, 15) is 0 Å². The van der Waals surface area contributed by atoms with Gasteiger partial charge in [0.1, 0.15) is 23.2 Å². The van der Waals surface area contributed by atoms with E-state index in [-0.39, 0.29) is 5.82 Å². The van der Waals surface area contributed by atoms with Crippen molar-refractivity contribution in [1.82, 2.24) is 15.0 Å². The minimum absolute atomic E-state index is 0.149. The second-order valence-corrected chi connectivity index (χ2v) is 6.41. The van der Waals surface area contributed by atoms with Crippen LogP contribution in [-0.2, 0) is 16.6 Å². The number of furan rings is 1. The van der Waals surface area contributed by atoms with Crippen molar-refractivity contribution in [2.24, 2.45) is 0 Å². The third kappa shape index (κ3) is 4.06. The number of hydrogen-bond donors (Lipinski definition) is 0. The molecule has 0 aliphatic rings. The predicted molar refractivity (Wildman–Crippen MR) is 74.7 cm³/mol. The molecule has 2 aromatic rings. The summed E-state index contributed by atoms with van der Waals surface area (Å²) in [5, 5.41) is 0. The molecule has 0 aromatic carbocycles. The summed E-state index contributed by atoms with van der Waals surface area (Å²) in [4.78, 5) is 12.4. The smallest absolute Gasteiger partial charge is 0.250 e. The van der Waals surface area contributed by atoms with E-state index in [0.29, 0.717) is 24.5 Å². The molecule has 0 aliphatic heterocycles. The number of hydrogen-bond acceptors (Lipinski definition) is 4. The van der Waals surface area contributed by atoms with Crippen molar-refractivity contribution in [2.45, 2.75) is 30.5 Å². The topological polar surface area (TPSA) is 51.8 Å². The monoisotopic (exact) mass is 319 g/mol. The highest BCUT2D eigenvalue weighted by Gasteiger charge is 2.27. The summed E-state index contributed by atoms with van der Waals surface area (Å²) in [6.07, 6.45) is 1.29. The van der Waals surface area contributed by atoms with E-state index < -0.39 is 3.79 Å². The van der Waals surface area contributed by atoms with Gasteiger partial charge in [0, 0.05) is 12.8 Å². The van der Waals surface area contributed by atoms with E-state index in [1.54, 1.807) is 6.92 Å². The average Bonchev–Trinajstić information content (AvgIpc) is 2.71. The summed E-state index contributed by atoms with van der Waals surface area (Å²) >= 11 is 17.3. The number of nitrogens with zero attached hydrogens (tertiary/aromatic N) is 3. The van der Waals surface area contributed by atoms with Gasteiger partial charge in [-0.1, -0.05) is 34.8 Å². The van der Waals surface area contributed by atoms with Crippen molar-refractivity contribution < 1.29 is 4.42 Å². The maximum Gasteiger partial charge on any atom is 0.250 e. The number of rotatable bonds is 3. The second kappa shape index (κ2) is 5.65. The van der Waals surface area contributed by atoms with Gasteiger partial charge in [-0.05, 0) is 26.0 Å². The highest BCUT2D eigenvalue weighted by molar-refractivity contribution is 6.66. The normalized spacial score (nSPS) is 11.8. The van der Waals surface area contributed by atoms with Crippen LogP contribution in [0.25, 0.3) is 0 Å². The van der Waals surface area contributed by atoms with Gasteiger partial charge >= 0.3 is 0 Å². The van der Waals surface area contributed by atoms with Crippen LogP contribution in [0.4, 0.5) is 0 Å². The first-order chi connectivity index (χ1) is 8.84. The van der Waals surface area contributed by atoms with Crippen molar-refractivity contribution in [2.75, 3.05) is 0 Å². The number of aromatic nitrogens is 3. The van der Waals surface area contributed by atoms with Gasteiger partial charge < -0.3 is 4.42 Å². The molecule has 7 heteroatoms. The van der Waals surface area contributed by atoms with Gasteiger partial charge in [-0.25, -0.2) is 15.0 Å². The Labute approximate surface area is 126 Å². The number of halogens is 3. The lowest BCUT2D eigenvalue weighted by molar-refractivity contribution is 0.480. The van der Waals surface area contributed by atoms with Gasteiger partial charge in [-0.3, -0.25) is 0 Å². The molecule has 0 radical (unpaired) electrons. The molecule has 2 heterocycles. The molecule has 102 valence electrons. The van der Waals surface area contributed by atoms with E-state index in [0.717, 1.165) is 11.5 Å². The Morgan fingerprint density at radius 1 is 1.05 bits per heavy atom. The van der Waals surface area contributed by atoms with Crippen LogP contribution in [0.2, 0.25) is 0 Å². The lowest BCUT2D eigenvalue weighted by Crippen LogP contribution is -2.13.